The Labute approximate surface area is 209 Å². The number of hydrogen-bond donors (Lipinski definition) is 1. The first-order valence-electron chi connectivity index (χ1n) is 10.9. The Morgan fingerprint density at radius 3 is 2.21 bits per heavy atom. The number of hydrogen-bond acceptors (Lipinski definition) is 2. The Bertz CT molecular complexity index is 1070. The van der Waals surface area contributed by atoms with E-state index in [0.717, 1.165) is 21.2 Å². The molecular formula is C27H28BrClN2O2. The van der Waals surface area contributed by atoms with Gasteiger partial charge in [-0.25, -0.2) is 0 Å². The molecule has 0 radical (unpaired) electrons. The summed E-state index contributed by atoms with van der Waals surface area (Å²) >= 11 is 9.52. The zero-order chi connectivity index (χ0) is 23.8. The maximum Gasteiger partial charge on any atom is 0.243 e. The van der Waals surface area contributed by atoms with Gasteiger partial charge in [-0.1, -0.05) is 82.1 Å². The smallest absolute Gasteiger partial charge is 0.243 e. The Morgan fingerprint density at radius 2 is 1.58 bits per heavy atom. The van der Waals surface area contributed by atoms with Crippen LogP contribution in [-0.4, -0.2) is 28.8 Å². The number of nitrogens with zero attached hydrogens (tertiary/aromatic N) is 1. The van der Waals surface area contributed by atoms with E-state index in [-0.39, 0.29) is 24.3 Å². The van der Waals surface area contributed by atoms with Crippen molar-refractivity contribution in [3.63, 3.8) is 0 Å². The molecule has 0 bridgehead atoms. The minimum absolute atomic E-state index is 0.0325. The summed E-state index contributed by atoms with van der Waals surface area (Å²) in [5.74, 6) is -0.273. The van der Waals surface area contributed by atoms with Gasteiger partial charge in [-0.05, 0) is 54.8 Å². The Hall–Kier alpha value is -2.63. The van der Waals surface area contributed by atoms with Crippen molar-refractivity contribution in [3.05, 3.63) is 105 Å². The number of amides is 2. The molecule has 3 aromatic rings. The highest BCUT2D eigenvalue weighted by Gasteiger charge is 2.30. The lowest BCUT2D eigenvalue weighted by Crippen LogP contribution is -2.52. The first kappa shape index (κ1) is 25.0. The van der Waals surface area contributed by atoms with E-state index in [0.29, 0.717) is 18.0 Å². The van der Waals surface area contributed by atoms with Crippen LogP contribution in [0, 0.1) is 0 Å². The van der Waals surface area contributed by atoms with Gasteiger partial charge in [0.15, 0.2) is 0 Å². The van der Waals surface area contributed by atoms with E-state index in [1.807, 2.05) is 80.6 Å². The van der Waals surface area contributed by atoms with Crippen LogP contribution >= 0.6 is 27.5 Å². The molecule has 33 heavy (non-hydrogen) atoms. The van der Waals surface area contributed by atoms with Gasteiger partial charge in [0.25, 0.3) is 0 Å². The normalized spacial score (nSPS) is 11.8. The van der Waals surface area contributed by atoms with Crippen LogP contribution < -0.4 is 5.32 Å². The molecule has 0 saturated heterocycles. The third kappa shape index (κ3) is 7.72. The summed E-state index contributed by atoms with van der Waals surface area (Å²) in [6.45, 7) is 4.17. The van der Waals surface area contributed by atoms with Crippen molar-refractivity contribution in [3.8, 4) is 0 Å². The van der Waals surface area contributed by atoms with E-state index < -0.39 is 6.04 Å². The van der Waals surface area contributed by atoms with Gasteiger partial charge in [0, 0.05) is 28.5 Å². The molecule has 0 aliphatic heterocycles. The molecule has 0 fully saturated rings. The van der Waals surface area contributed by atoms with Crippen LogP contribution in [0.25, 0.3) is 0 Å². The van der Waals surface area contributed by atoms with Gasteiger partial charge >= 0.3 is 0 Å². The molecule has 0 aromatic heterocycles. The van der Waals surface area contributed by atoms with E-state index in [1.165, 1.54) is 0 Å². The molecule has 0 spiro atoms. The molecule has 3 rings (SSSR count). The maximum atomic E-state index is 13.6. The summed E-state index contributed by atoms with van der Waals surface area (Å²) in [6.07, 6.45) is 0.616. The standard InChI is InChI=1S/C27H28BrClN2O2/c1-19(2)30-27(33)25(16-20-7-4-3-5-8-20)31(18-22-9-6-10-23(28)15-22)26(32)17-21-11-13-24(29)14-12-21/h3-15,19,25H,16-18H2,1-2H3,(H,30,33)/t25-/m0/s1. The lowest BCUT2D eigenvalue weighted by molar-refractivity contribution is -0.141. The van der Waals surface area contributed by atoms with Gasteiger partial charge in [-0.2, -0.15) is 0 Å². The fourth-order valence-corrected chi connectivity index (χ4v) is 4.22. The fourth-order valence-electron chi connectivity index (χ4n) is 3.65. The second-order valence-electron chi connectivity index (χ2n) is 8.32. The van der Waals surface area contributed by atoms with Crippen LogP contribution in [0.1, 0.15) is 30.5 Å². The monoisotopic (exact) mass is 526 g/mol. The van der Waals surface area contributed by atoms with Crippen molar-refractivity contribution >= 4 is 39.3 Å². The summed E-state index contributed by atoms with van der Waals surface area (Å²) in [7, 11) is 0. The molecule has 3 aromatic carbocycles. The molecular weight excluding hydrogens is 500 g/mol. The topological polar surface area (TPSA) is 49.4 Å². The van der Waals surface area contributed by atoms with Crippen molar-refractivity contribution in [1.29, 1.82) is 0 Å². The number of carbonyl (C=O) groups is 2. The van der Waals surface area contributed by atoms with E-state index in [1.54, 1.807) is 17.0 Å². The van der Waals surface area contributed by atoms with Crippen molar-refractivity contribution < 1.29 is 9.59 Å². The first-order valence-corrected chi connectivity index (χ1v) is 12.1. The van der Waals surface area contributed by atoms with Gasteiger partial charge in [0.05, 0.1) is 6.42 Å². The average Bonchev–Trinajstić information content (AvgIpc) is 2.78. The predicted octanol–water partition coefficient (Wildman–Crippen LogP) is 5.81. The van der Waals surface area contributed by atoms with E-state index in [2.05, 4.69) is 21.2 Å². The van der Waals surface area contributed by atoms with E-state index in [4.69, 9.17) is 11.6 Å². The number of nitrogens with one attached hydrogen (secondary N) is 1. The molecule has 0 heterocycles. The molecule has 6 heteroatoms. The van der Waals surface area contributed by atoms with Gasteiger partial charge in [0.2, 0.25) is 11.8 Å². The quantitative estimate of drug-likeness (QED) is 0.382. The molecule has 0 saturated carbocycles. The number of rotatable bonds is 9. The van der Waals surface area contributed by atoms with Crippen LogP contribution in [-0.2, 0) is 29.0 Å². The third-order valence-electron chi connectivity index (χ3n) is 5.21. The van der Waals surface area contributed by atoms with Crippen molar-refractivity contribution in [2.75, 3.05) is 0 Å². The molecule has 4 nitrogen and oxygen atoms in total. The van der Waals surface area contributed by atoms with Crippen molar-refractivity contribution in [1.82, 2.24) is 10.2 Å². The second kappa shape index (κ2) is 12.0. The Balaban J connectivity index is 1.96. The predicted molar refractivity (Wildman–Crippen MR) is 137 cm³/mol. The third-order valence-corrected chi connectivity index (χ3v) is 5.96. The summed E-state index contributed by atoms with van der Waals surface area (Å²) in [5, 5.41) is 3.63. The molecule has 1 atom stereocenters. The van der Waals surface area contributed by atoms with Crippen molar-refractivity contribution in [2.45, 2.75) is 45.3 Å². The SMILES string of the molecule is CC(C)NC(=O)[C@H](Cc1ccccc1)N(Cc1cccc(Br)c1)C(=O)Cc1ccc(Cl)cc1. The number of benzene rings is 3. The largest absolute Gasteiger partial charge is 0.352 e. The summed E-state index contributed by atoms with van der Waals surface area (Å²) in [5.41, 5.74) is 2.80. The maximum absolute atomic E-state index is 13.6. The van der Waals surface area contributed by atoms with Gasteiger partial charge < -0.3 is 10.2 Å². The van der Waals surface area contributed by atoms with Crippen LogP contribution in [0.4, 0.5) is 0 Å². The minimum atomic E-state index is -0.645. The summed E-state index contributed by atoms with van der Waals surface area (Å²) < 4.78 is 0.927. The molecule has 172 valence electrons. The fraction of sp³-hybridized carbons (Fsp3) is 0.259. The minimum Gasteiger partial charge on any atom is -0.352 e. The van der Waals surface area contributed by atoms with Gasteiger partial charge in [-0.15, -0.1) is 0 Å². The van der Waals surface area contributed by atoms with Gasteiger partial charge in [0.1, 0.15) is 6.04 Å². The van der Waals surface area contributed by atoms with Crippen LogP contribution in [0.15, 0.2) is 83.3 Å². The average molecular weight is 528 g/mol. The van der Waals surface area contributed by atoms with Crippen LogP contribution in [0.3, 0.4) is 0 Å². The molecule has 0 aliphatic carbocycles. The summed E-state index contributed by atoms with van der Waals surface area (Å²) in [4.78, 5) is 28.6. The van der Waals surface area contributed by atoms with Gasteiger partial charge in [-0.3, -0.25) is 9.59 Å². The van der Waals surface area contributed by atoms with Crippen LogP contribution in [0.5, 0.6) is 0 Å². The molecule has 0 unspecified atom stereocenters. The number of carbonyl (C=O) groups excluding carboxylic acids is 2. The Morgan fingerprint density at radius 1 is 0.909 bits per heavy atom. The van der Waals surface area contributed by atoms with Crippen molar-refractivity contribution in [2.24, 2.45) is 0 Å². The lowest BCUT2D eigenvalue weighted by Gasteiger charge is -2.32. The Kier molecular flexibility index (Phi) is 9.10. The first-order chi connectivity index (χ1) is 15.8. The van der Waals surface area contributed by atoms with Crippen LogP contribution in [0.2, 0.25) is 5.02 Å². The highest BCUT2D eigenvalue weighted by molar-refractivity contribution is 9.10. The van der Waals surface area contributed by atoms with E-state index in [9.17, 15) is 9.59 Å². The molecule has 2 amide bonds. The highest BCUT2D eigenvalue weighted by atomic mass is 79.9. The zero-order valence-corrected chi connectivity index (χ0v) is 21.1. The number of halogens is 2. The highest BCUT2D eigenvalue weighted by Crippen LogP contribution is 2.19. The van der Waals surface area contributed by atoms with E-state index >= 15 is 0 Å². The molecule has 0 aliphatic rings. The second-order valence-corrected chi connectivity index (χ2v) is 9.68. The zero-order valence-electron chi connectivity index (χ0n) is 18.8. The summed E-state index contributed by atoms with van der Waals surface area (Å²) in [6, 6.07) is 24.2. The lowest BCUT2D eigenvalue weighted by atomic mass is 10.0. The molecule has 1 N–H and O–H groups in total.